The van der Waals surface area contributed by atoms with Gasteiger partial charge in [0.05, 0.1) is 44.1 Å². The molecule has 0 radical (unpaired) electrons. The maximum Gasteiger partial charge on any atom is 0.0902 e. The predicted octanol–water partition coefficient (Wildman–Crippen LogP) is 1.59. The molecule has 0 aromatic heterocycles. The Kier molecular flexibility index (Phi) is 11.0. The lowest BCUT2D eigenvalue weighted by atomic mass is 10.2. The first-order valence-corrected chi connectivity index (χ1v) is 8.43. The Bertz CT molecular complexity index is 280. The number of nitrogens with zero attached hydrogens (tertiary/aromatic N) is 1. The highest BCUT2D eigenvalue weighted by Gasteiger charge is 2.25. The fourth-order valence-corrected chi connectivity index (χ4v) is 2.65. The molecule has 0 aliphatic carbocycles. The van der Waals surface area contributed by atoms with E-state index < -0.39 is 0 Å². The molecule has 1 saturated heterocycles. The summed E-state index contributed by atoms with van der Waals surface area (Å²) in [5.74, 6) is 0. The van der Waals surface area contributed by atoms with Gasteiger partial charge in [-0.2, -0.15) is 0 Å². The molecule has 1 unspecified atom stereocenters. The third kappa shape index (κ3) is 8.68. The van der Waals surface area contributed by atoms with Gasteiger partial charge < -0.3 is 19.9 Å². The van der Waals surface area contributed by atoms with Crippen molar-refractivity contribution < 1.29 is 14.2 Å². The van der Waals surface area contributed by atoms with Gasteiger partial charge in [0.1, 0.15) is 0 Å². The first-order valence-electron chi connectivity index (χ1n) is 8.02. The highest BCUT2D eigenvalue weighted by Crippen LogP contribution is 2.16. The normalized spacial score (nSPS) is 19.2. The second-order valence-electron chi connectivity index (χ2n) is 5.29. The van der Waals surface area contributed by atoms with Crippen molar-refractivity contribution >= 4 is 17.2 Å². The van der Waals surface area contributed by atoms with Gasteiger partial charge in [-0.05, 0) is 25.8 Å². The average Bonchev–Trinajstić information content (AvgIpc) is 2.93. The van der Waals surface area contributed by atoms with Gasteiger partial charge in [-0.3, -0.25) is 4.90 Å². The quantitative estimate of drug-likeness (QED) is 0.411. The minimum atomic E-state index is 0.264. The molecule has 0 aromatic rings. The van der Waals surface area contributed by atoms with E-state index in [4.69, 9.17) is 32.2 Å². The average molecular weight is 318 g/mol. The standard InChI is InChI=1S/C15H30N2O3S/c1-2-3-8-18-10-12-20-13-11-19-9-7-17-6-4-5-14(17)15(16)21/h14H,2-13H2,1H3,(H2,16,21). The fraction of sp³-hybridized carbons (Fsp3) is 0.933. The van der Waals surface area contributed by atoms with E-state index in [0.717, 1.165) is 32.5 Å². The molecule has 5 nitrogen and oxygen atoms in total. The van der Waals surface area contributed by atoms with Gasteiger partial charge >= 0.3 is 0 Å². The van der Waals surface area contributed by atoms with Crippen LogP contribution in [0.5, 0.6) is 0 Å². The summed E-state index contributed by atoms with van der Waals surface area (Å²) in [6.07, 6.45) is 4.54. The summed E-state index contributed by atoms with van der Waals surface area (Å²) in [5.41, 5.74) is 5.73. The summed E-state index contributed by atoms with van der Waals surface area (Å²) in [7, 11) is 0. The second-order valence-corrected chi connectivity index (χ2v) is 5.76. The Balaban J connectivity index is 1.85. The number of unbranched alkanes of at least 4 members (excludes halogenated alkanes) is 1. The van der Waals surface area contributed by atoms with E-state index >= 15 is 0 Å². The van der Waals surface area contributed by atoms with E-state index in [1.54, 1.807) is 0 Å². The van der Waals surface area contributed by atoms with Crippen LogP contribution in [-0.2, 0) is 14.2 Å². The Morgan fingerprint density at radius 3 is 2.33 bits per heavy atom. The first-order chi connectivity index (χ1) is 10.3. The molecule has 0 bridgehead atoms. The maximum absolute atomic E-state index is 5.73. The first kappa shape index (κ1) is 18.8. The monoisotopic (exact) mass is 318 g/mol. The van der Waals surface area contributed by atoms with Crippen LogP contribution in [-0.4, -0.2) is 68.7 Å². The summed E-state index contributed by atoms with van der Waals surface area (Å²) >= 11 is 5.08. The predicted molar refractivity (Wildman–Crippen MR) is 88.7 cm³/mol. The van der Waals surface area contributed by atoms with Crippen molar-refractivity contribution in [1.29, 1.82) is 0 Å². The van der Waals surface area contributed by atoms with Crippen molar-refractivity contribution in [2.75, 3.05) is 52.7 Å². The largest absolute Gasteiger partial charge is 0.392 e. The van der Waals surface area contributed by atoms with Crippen LogP contribution in [0.3, 0.4) is 0 Å². The smallest absolute Gasteiger partial charge is 0.0902 e. The van der Waals surface area contributed by atoms with Gasteiger partial charge in [0.25, 0.3) is 0 Å². The lowest BCUT2D eigenvalue weighted by molar-refractivity contribution is 0.0105. The summed E-state index contributed by atoms with van der Waals surface area (Å²) in [6.45, 7) is 8.20. The molecule has 1 aliphatic rings. The summed E-state index contributed by atoms with van der Waals surface area (Å²) in [4.78, 5) is 2.92. The zero-order chi connectivity index (χ0) is 15.3. The van der Waals surface area contributed by atoms with Crippen LogP contribution < -0.4 is 5.73 Å². The molecule has 0 amide bonds. The van der Waals surface area contributed by atoms with Crippen LogP contribution in [0.4, 0.5) is 0 Å². The van der Waals surface area contributed by atoms with Gasteiger partial charge in [-0.25, -0.2) is 0 Å². The van der Waals surface area contributed by atoms with Gasteiger partial charge in [0.15, 0.2) is 0 Å². The lowest BCUT2D eigenvalue weighted by Crippen LogP contribution is -2.40. The van der Waals surface area contributed by atoms with Crippen molar-refractivity contribution in [1.82, 2.24) is 4.90 Å². The van der Waals surface area contributed by atoms with Crippen molar-refractivity contribution in [3.63, 3.8) is 0 Å². The Labute approximate surface area is 134 Å². The molecule has 0 aromatic carbocycles. The van der Waals surface area contributed by atoms with Crippen molar-refractivity contribution in [2.45, 2.75) is 38.6 Å². The molecule has 2 N–H and O–H groups in total. The number of thiocarbonyl (C=S) groups is 1. The number of ether oxygens (including phenoxy) is 3. The zero-order valence-corrected chi connectivity index (χ0v) is 14.0. The molecule has 6 heteroatoms. The fourth-order valence-electron chi connectivity index (χ4n) is 2.39. The molecule has 0 saturated carbocycles. The van der Waals surface area contributed by atoms with Crippen LogP contribution in [0.25, 0.3) is 0 Å². The minimum Gasteiger partial charge on any atom is -0.392 e. The van der Waals surface area contributed by atoms with Crippen LogP contribution in [0.15, 0.2) is 0 Å². The van der Waals surface area contributed by atoms with Crippen LogP contribution in [0.2, 0.25) is 0 Å². The van der Waals surface area contributed by atoms with Crippen molar-refractivity contribution in [2.24, 2.45) is 5.73 Å². The van der Waals surface area contributed by atoms with Crippen LogP contribution >= 0.6 is 12.2 Å². The maximum atomic E-state index is 5.73. The number of rotatable bonds is 13. The van der Waals surface area contributed by atoms with E-state index in [2.05, 4.69) is 11.8 Å². The Morgan fingerprint density at radius 1 is 1.10 bits per heavy atom. The highest BCUT2D eigenvalue weighted by atomic mass is 32.1. The topological polar surface area (TPSA) is 57.0 Å². The van der Waals surface area contributed by atoms with E-state index in [-0.39, 0.29) is 6.04 Å². The molecule has 0 spiro atoms. The molecule has 1 heterocycles. The van der Waals surface area contributed by atoms with E-state index in [1.165, 1.54) is 12.8 Å². The number of hydrogen-bond acceptors (Lipinski definition) is 5. The van der Waals surface area contributed by atoms with E-state index in [9.17, 15) is 0 Å². The molecule has 1 fully saturated rings. The molecular formula is C15H30N2O3S. The van der Waals surface area contributed by atoms with E-state index in [0.29, 0.717) is 38.0 Å². The molecular weight excluding hydrogens is 288 g/mol. The van der Waals surface area contributed by atoms with Gasteiger partial charge in [-0.15, -0.1) is 0 Å². The zero-order valence-electron chi connectivity index (χ0n) is 13.2. The van der Waals surface area contributed by atoms with Crippen LogP contribution in [0.1, 0.15) is 32.6 Å². The molecule has 124 valence electrons. The van der Waals surface area contributed by atoms with Crippen molar-refractivity contribution in [3.8, 4) is 0 Å². The SMILES string of the molecule is CCCCOCCOCCOCCN1CCCC1C(N)=S. The summed E-state index contributed by atoms with van der Waals surface area (Å²) < 4.78 is 16.4. The number of likely N-dealkylation sites (tertiary alicyclic amines) is 1. The van der Waals surface area contributed by atoms with Gasteiger partial charge in [0, 0.05) is 13.2 Å². The minimum absolute atomic E-state index is 0.264. The molecule has 21 heavy (non-hydrogen) atoms. The van der Waals surface area contributed by atoms with Gasteiger partial charge in [-0.1, -0.05) is 25.6 Å². The van der Waals surface area contributed by atoms with E-state index in [1.807, 2.05) is 0 Å². The Morgan fingerprint density at radius 2 is 1.71 bits per heavy atom. The van der Waals surface area contributed by atoms with Gasteiger partial charge in [0.2, 0.25) is 0 Å². The third-order valence-electron chi connectivity index (χ3n) is 3.60. The highest BCUT2D eigenvalue weighted by molar-refractivity contribution is 7.80. The van der Waals surface area contributed by atoms with Crippen molar-refractivity contribution in [3.05, 3.63) is 0 Å². The summed E-state index contributed by atoms with van der Waals surface area (Å²) in [5, 5.41) is 0. The third-order valence-corrected chi connectivity index (χ3v) is 3.87. The Hall–Kier alpha value is -0.270. The lowest BCUT2D eigenvalue weighted by Gasteiger charge is -2.23. The second kappa shape index (κ2) is 12.3. The molecule has 1 atom stereocenters. The van der Waals surface area contributed by atoms with Crippen LogP contribution in [0, 0.1) is 0 Å². The number of hydrogen-bond donors (Lipinski definition) is 1. The number of nitrogens with two attached hydrogens (primary N) is 1. The molecule has 1 rings (SSSR count). The summed E-state index contributed by atoms with van der Waals surface area (Å²) in [6, 6.07) is 0.264. The molecule has 1 aliphatic heterocycles.